The number of primary amides is 1. The molecule has 76 valence electrons. The van der Waals surface area contributed by atoms with Crippen molar-refractivity contribution in [3.8, 4) is 0 Å². The van der Waals surface area contributed by atoms with Crippen LogP contribution in [0.25, 0.3) is 0 Å². The van der Waals surface area contributed by atoms with Gasteiger partial charge in [0, 0.05) is 6.54 Å². The standard InChI is InChI=1S/C9H12BrN3O/c1-2-13(6-8(11)14)9-5-3-4-7(10)12-9/h3-5H,2,6H2,1H3,(H2,11,14). The zero-order chi connectivity index (χ0) is 10.6. The van der Waals surface area contributed by atoms with Crippen LogP contribution in [-0.4, -0.2) is 24.0 Å². The third-order valence-electron chi connectivity index (χ3n) is 1.75. The summed E-state index contributed by atoms with van der Waals surface area (Å²) in [6.07, 6.45) is 0. The van der Waals surface area contributed by atoms with Crippen molar-refractivity contribution in [2.75, 3.05) is 18.0 Å². The van der Waals surface area contributed by atoms with Crippen LogP contribution in [0.2, 0.25) is 0 Å². The van der Waals surface area contributed by atoms with E-state index in [1.54, 1.807) is 0 Å². The van der Waals surface area contributed by atoms with E-state index >= 15 is 0 Å². The molecule has 0 fully saturated rings. The van der Waals surface area contributed by atoms with Crippen molar-refractivity contribution < 1.29 is 4.79 Å². The number of carbonyl (C=O) groups is 1. The number of carbonyl (C=O) groups excluding carboxylic acids is 1. The first kappa shape index (κ1) is 11.0. The van der Waals surface area contributed by atoms with Crippen molar-refractivity contribution in [1.82, 2.24) is 4.98 Å². The van der Waals surface area contributed by atoms with Gasteiger partial charge in [-0.05, 0) is 35.0 Å². The maximum Gasteiger partial charge on any atom is 0.236 e. The summed E-state index contributed by atoms with van der Waals surface area (Å²) in [6, 6.07) is 5.55. The molecule has 1 amide bonds. The fourth-order valence-electron chi connectivity index (χ4n) is 1.12. The fourth-order valence-corrected chi connectivity index (χ4v) is 1.45. The molecule has 5 heteroatoms. The van der Waals surface area contributed by atoms with Crippen molar-refractivity contribution in [1.29, 1.82) is 0 Å². The molecular formula is C9H12BrN3O. The van der Waals surface area contributed by atoms with Crippen LogP contribution in [0.3, 0.4) is 0 Å². The van der Waals surface area contributed by atoms with E-state index in [0.717, 1.165) is 10.4 Å². The van der Waals surface area contributed by atoms with Crippen LogP contribution < -0.4 is 10.6 Å². The van der Waals surface area contributed by atoms with Gasteiger partial charge in [0.2, 0.25) is 5.91 Å². The zero-order valence-corrected chi connectivity index (χ0v) is 9.49. The van der Waals surface area contributed by atoms with Crippen molar-refractivity contribution in [2.24, 2.45) is 5.73 Å². The molecule has 0 aliphatic carbocycles. The second-order valence-corrected chi connectivity index (χ2v) is 3.61. The van der Waals surface area contributed by atoms with Gasteiger partial charge in [-0.25, -0.2) is 4.98 Å². The molecule has 0 bridgehead atoms. The minimum atomic E-state index is -0.353. The minimum absolute atomic E-state index is 0.194. The third-order valence-corrected chi connectivity index (χ3v) is 2.19. The summed E-state index contributed by atoms with van der Waals surface area (Å²) in [5.74, 6) is 0.398. The number of nitrogens with zero attached hydrogens (tertiary/aromatic N) is 2. The van der Waals surface area contributed by atoms with Gasteiger partial charge in [0.1, 0.15) is 10.4 Å². The molecule has 1 aromatic heterocycles. The lowest BCUT2D eigenvalue weighted by Crippen LogP contribution is -2.34. The number of nitrogens with two attached hydrogens (primary N) is 1. The molecular weight excluding hydrogens is 246 g/mol. The highest BCUT2D eigenvalue weighted by Crippen LogP contribution is 2.14. The normalized spacial score (nSPS) is 9.86. The number of aromatic nitrogens is 1. The number of anilines is 1. The van der Waals surface area contributed by atoms with Crippen molar-refractivity contribution in [3.63, 3.8) is 0 Å². The Morgan fingerprint density at radius 2 is 2.36 bits per heavy atom. The van der Waals surface area contributed by atoms with E-state index in [-0.39, 0.29) is 12.5 Å². The lowest BCUT2D eigenvalue weighted by Gasteiger charge is -2.19. The summed E-state index contributed by atoms with van der Waals surface area (Å²) in [5.41, 5.74) is 5.12. The Balaban J connectivity index is 2.83. The monoisotopic (exact) mass is 257 g/mol. The SMILES string of the molecule is CCN(CC(N)=O)c1cccc(Br)n1. The Labute approximate surface area is 91.2 Å². The lowest BCUT2D eigenvalue weighted by molar-refractivity contribution is -0.116. The van der Waals surface area contributed by atoms with Crippen molar-refractivity contribution in [2.45, 2.75) is 6.92 Å². The fraction of sp³-hybridized carbons (Fsp3) is 0.333. The highest BCUT2D eigenvalue weighted by molar-refractivity contribution is 9.10. The summed E-state index contributed by atoms with van der Waals surface area (Å²) in [5, 5.41) is 0. The highest BCUT2D eigenvalue weighted by atomic mass is 79.9. The molecule has 0 atom stereocenters. The molecule has 0 aliphatic rings. The smallest absolute Gasteiger partial charge is 0.236 e. The van der Waals surface area contributed by atoms with Gasteiger partial charge in [-0.3, -0.25) is 4.79 Å². The Hall–Kier alpha value is -1.10. The third kappa shape index (κ3) is 2.99. The van der Waals surface area contributed by atoms with Crippen molar-refractivity contribution in [3.05, 3.63) is 22.8 Å². The Bertz CT molecular complexity index is 330. The number of amides is 1. The van der Waals surface area contributed by atoms with Crippen LogP contribution in [0, 0.1) is 0 Å². The van der Waals surface area contributed by atoms with Crippen LogP contribution in [0.4, 0.5) is 5.82 Å². The molecule has 2 N–H and O–H groups in total. The van der Waals surface area contributed by atoms with Gasteiger partial charge in [0.25, 0.3) is 0 Å². The average molecular weight is 258 g/mol. The second kappa shape index (κ2) is 4.95. The Kier molecular flexibility index (Phi) is 3.88. The molecule has 0 saturated heterocycles. The predicted molar refractivity (Wildman–Crippen MR) is 59.0 cm³/mol. The quantitative estimate of drug-likeness (QED) is 0.824. The van der Waals surface area contributed by atoms with Gasteiger partial charge in [-0.2, -0.15) is 0 Å². The minimum Gasteiger partial charge on any atom is -0.368 e. The predicted octanol–water partition coefficient (Wildman–Crippen LogP) is 1.16. The number of rotatable bonds is 4. The molecule has 0 unspecified atom stereocenters. The molecule has 14 heavy (non-hydrogen) atoms. The Morgan fingerprint density at radius 1 is 1.64 bits per heavy atom. The zero-order valence-electron chi connectivity index (χ0n) is 7.90. The second-order valence-electron chi connectivity index (χ2n) is 2.80. The average Bonchev–Trinajstić information content (AvgIpc) is 2.14. The highest BCUT2D eigenvalue weighted by Gasteiger charge is 2.08. The molecule has 0 aromatic carbocycles. The van der Waals surface area contributed by atoms with Gasteiger partial charge in [0.15, 0.2) is 0 Å². The van der Waals surface area contributed by atoms with E-state index in [4.69, 9.17) is 5.73 Å². The van der Waals surface area contributed by atoms with Gasteiger partial charge >= 0.3 is 0 Å². The van der Waals surface area contributed by atoms with Crippen LogP contribution in [0.5, 0.6) is 0 Å². The van der Waals surface area contributed by atoms with Crippen molar-refractivity contribution >= 4 is 27.7 Å². The summed E-state index contributed by atoms with van der Waals surface area (Å²) < 4.78 is 0.748. The lowest BCUT2D eigenvalue weighted by atomic mass is 10.4. The maximum absolute atomic E-state index is 10.8. The molecule has 1 heterocycles. The number of halogens is 1. The van der Waals surface area contributed by atoms with E-state index < -0.39 is 0 Å². The number of hydrogen-bond donors (Lipinski definition) is 1. The number of likely N-dealkylation sites (N-methyl/N-ethyl adjacent to an activating group) is 1. The van der Waals surface area contributed by atoms with Crippen LogP contribution in [0.15, 0.2) is 22.8 Å². The summed E-state index contributed by atoms with van der Waals surface area (Å²) in [6.45, 7) is 2.85. The van der Waals surface area contributed by atoms with Gasteiger partial charge in [0.05, 0.1) is 6.54 Å². The van der Waals surface area contributed by atoms with E-state index in [9.17, 15) is 4.79 Å². The molecule has 4 nitrogen and oxygen atoms in total. The van der Waals surface area contributed by atoms with Crippen LogP contribution >= 0.6 is 15.9 Å². The first-order valence-corrected chi connectivity index (χ1v) is 5.08. The van der Waals surface area contributed by atoms with E-state index in [0.29, 0.717) is 6.54 Å². The summed E-state index contributed by atoms with van der Waals surface area (Å²) in [7, 11) is 0. The number of pyridine rings is 1. The largest absolute Gasteiger partial charge is 0.368 e. The van der Waals surface area contributed by atoms with E-state index in [1.807, 2.05) is 30.0 Å². The maximum atomic E-state index is 10.8. The molecule has 0 aliphatic heterocycles. The molecule has 0 radical (unpaired) electrons. The first-order chi connectivity index (χ1) is 6.63. The summed E-state index contributed by atoms with van der Waals surface area (Å²) >= 11 is 3.27. The molecule has 1 aromatic rings. The molecule has 1 rings (SSSR count). The van der Waals surface area contributed by atoms with Crippen LogP contribution in [-0.2, 0) is 4.79 Å². The Morgan fingerprint density at radius 3 is 2.86 bits per heavy atom. The topological polar surface area (TPSA) is 59.2 Å². The van der Waals surface area contributed by atoms with Gasteiger partial charge in [-0.1, -0.05) is 6.07 Å². The van der Waals surface area contributed by atoms with E-state index in [1.165, 1.54) is 0 Å². The van der Waals surface area contributed by atoms with Gasteiger partial charge < -0.3 is 10.6 Å². The molecule has 0 saturated carbocycles. The summed E-state index contributed by atoms with van der Waals surface area (Å²) in [4.78, 5) is 16.8. The molecule has 0 spiro atoms. The van der Waals surface area contributed by atoms with Gasteiger partial charge in [-0.15, -0.1) is 0 Å². The first-order valence-electron chi connectivity index (χ1n) is 4.29. The van der Waals surface area contributed by atoms with E-state index in [2.05, 4.69) is 20.9 Å². The van der Waals surface area contributed by atoms with Crippen LogP contribution in [0.1, 0.15) is 6.92 Å². The number of hydrogen-bond acceptors (Lipinski definition) is 3.